The van der Waals surface area contributed by atoms with Crippen LogP contribution in [0.4, 0.5) is 8.78 Å². The first-order chi connectivity index (χ1) is 9.35. The van der Waals surface area contributed by atoms with E-state index in [4.69, 9.17) is 0 Å². The smallest absolute Gasteiger partial charge is 0.150 e. The second-order valence-corrected chi connectivity index (χ2v) is 8.04. The van der Waals surface area contributed by atoms with Gasteiger partial charge in [-0.1, -0.05) is 6.92 Å². The van der Waals surface area contributed by atoms with Crippen molar-refractivity contribution in [3.63, 3.8) is 0 Å². The largest absolute Gasteiger partial charge is 0.310 e. The van der Waals surface area contributed by atoms with Crippen molar-refractivity contribution in [1.82, 2.24) is 5.32 Å². The van der Waals surface area contributed by atoms with E-state index in [0.717, 1.165) is 0 Å². The first kappa shape index (κ1) is 15.9. The van der Waals surface area contributed by atoms with Crippen molar-refractivity contribution < 1.29 is 17.2 Å². The quantitative estimate of drug-likeness (QED) is 0.832. The lowest BCUT2D eigenvalue weighted by Gasteiger charge is -2.25. The summed E-state index contributed by atoms with van der Waals surface area (Å²) in [4.78, 5) is 0. The standard InChI is InChI=1S/C13H16BrF2NO2S/c1-2-17-13(8-5-6-20(18,19)7-8)11-10(15)4-3-9(14)12(11)16/h3-4,8,13,17H,2,5-7H2,1H3. The molecule has 0 bridgehead atoms. The maximum atomic E-state index is 14.2. The molecule has 112 valence electrons. The molecule has 1 aromatic carbocycles. The van der Waals surface area contributed by atoms with Gasteiger partial charge >= 0.3 is 0 Å². The van der Waals surface area contributed by atoms with Gasteiger partial charge in [-0.3, -0.25) is 0 Å². The number of benzene rings is 1. The molecule has 2 atom stereocenters. The van der Waals surface area contributed by atoms with Gasteiger partial charge in [0, 0.05) is 11.6 Å². The zero-order valence-corrected chi connectivity index (χ0v) is 13.4. The molecule has 0 saturated carbocycles. The summed E-state index contributed by atoms with van der Waals surface area (Å²) in [6, 6.07) is 1.87. The van der Waals surface area contributed by atoms with Crippen molar-refractivity contribution in [3.05, 3.63) is 33.8 Å². The zero-order chi connectivity index (χ0) is 14.9. The summed E-state index contributed by atoms with van der Waals surface area (Å²) < 4.78 is 51.6. The first-order valence-corrected chi connectivity index (χ1v) is 9.04. The van der Waals surface area contributed by atoms with E-state index >= 15 is 0 Å². The van der Waals surface area contributed by atoms with Gasteiger partial charge in [0.15, 0.2) is 9.84 Å². The maximum Gasteiger partial charge on any atom is 0.150 e. The fourth-order valence-electron chi connectivity index (χ4n) is 2.64. The summed E-state index contributed by atoms with van der Waals surface area (Å²) >= 11 is 3.04. The van der Waals surface area contributed by atoms with Gasteiger partial charge in [0.05, 0.1) is 16.0 Å². The molecule has 1 heterocycles. The third kappa shape index (κ3) is 3.20. The van der Waals surface area contributed by atoms with Crippen LogP contribution in [0.15, 0.2) is 16.6 Å². The Morgan fingerprint density at radius 3 is 2.70 bits per heavy atom. The minimum absolute atomic E-state index is 0.0317. The molecule has 1 N–H and O–H groups in total. The summed E-state index contributed by atoms with van der Waals surface area (Å²) in [6.07, 6.45) is 0.422. The van der Waals surface area contributed by atoms with Gasteiger partial charge in [-0.2, -0.15) is 0 Å². The molecule has 1 aliphatic rings. The van der Waals surface area contributed by atoms with Crippen LogP contribution >= 0.6 is 15.9 Å². The Morgan fingerprint density at radius 2 is 2.15 bits per heavy atom. The SMILES string of the molecule is CCNC(c1c(F)ccc(Br)c1F)C1CCS(=O)(=O)C1. The van der Waals surface area contributed by atoms with Gasteiger partial charge in [0.2, 0.25) is 0 Å². The fourth-order valence-corrected chi connectivity index (χ4v) is 4.82. The minimum atomic E-state index is -3.10. The summed E-state index contributed by atoms with van der Waals surface area (Å²) in [5, 5.41) is 3.02. The lowest BCUT2D eigenvalue weighted by Crippen LogP contribution is -2.30. The third-order valence-corrected chi connectivity index (χ3v) is 5.96. The second-order valence-electron chi connectivity index (χ2n) is 4.96. The van der Waals surface area contributed by atoms with Crippen LogP contribution in [0.5, 0.6) is 0 Å². The molecule has 20 heavy (non-hydrogen) atoms. The number of halogens is 3. The highest BCUT2D eigenvalue weighted by Gasteiger charge is 2.36. The van der Waals surface area contributed by atoms with Gasteiger partial charge in [0.1, 0.15) is 11.6 Å². The predicted octanol–water partition coefficient (Wildman–Crippen LogP) is 2.81. The van der Waals surface area contributed by atoms with Crippen LogP contribution in [0.25, 0.3) is 0 Å². The summed E-state index contributed by atoms with van der Waals surface area (Å²) in [5.41, 5.74) is -0.0803. The van der Waals surface area contributed by atoms with Gasteiger partial charge in [0.25, 0.3) is 0 Å². The number of hydrogen-bond donors (Lipinski definition) is 1. The Labute approximate surface area is 125 Å². The Kier molecular flexibility index (Phi) is 4.81. The van der Waals surface area contributed by atoms with Crippen molar-refractivity contribution in [1.29, 1.82) is 0 Å². The molecule has 1 aliphatic heterocycles. The summed E-state index contributed by atoms with van der Waals surface area (Å²) in [6.45, 7) is 2.33. The van der Waals surface area contributed by atoms with E-state index < -0.39 is 27.5 Å². The molecule has 1 fully saturated rings. The third-order valence-electron chi connectivity index (χ3n) is 3.55. The molecule has 3 nitrogen and oxygen atoms in total. The van der Waals surface area contributed by atoms with E-state index in [1.54, 1.807) is 0 Å². The molecule has 0 amide bonds. The molecule has 2 unspecified atom stereocenters. The normalized spacial score (nSPS) is 22.9. The molecular weight excluding hydrogens is 352 g/mol. The van der Waals surface area contributed by atoms with Crippen LogP contribution in [0.2, 0.25) is 0 Å². The number of hydrogen-bond acceptors (Lipinski definition) is 3. The van der Waals surface area contributed by atoms with Gasteiger partial charge in [-0.25, -0.2) is 17.2 Å². The predicted molar refractivity (Wildman–Crippen MR) is 77.2 cm³/mol. The van der Waals surface area contributed by atoms with Gasteiger partial charge in [-0.05, 0) is 46.9 Å². The maximum absolute atomic E-state index is 14.2. The van der Waals surface area contributed by atoms with E-state index in [1.165, 1.54) is 12.1 Å². The molecule has 1 saturated heterocycles. The van der Waals surface area contributed by atoms with Gasteiger partial charge < -0.3 is 5.32 Å². The van der Waals surface area contributed by atoms with Crippen LogP contribution < -0.4 is 5.32 Å². The molecule has 1 aromatic rings. The lowest BCUT2D eigenvalue weighted by atomic mass is 9.91. The Bertz CT molecular complexity index is 607. The molecule has 2 rings (SSSR count). The highest BCUT2D eigenvalue weighted by Crippen LogP contribution is 2.35. The van der Waals surface area contributed by atoms with Crippen molar-refractivity contribution >= 4 is 25.8 Å². The van der Waals surface area contributed by atoms with E-state index in [1.807, 2.05) is 6.92 Å². The first-order valence-electron chi connectivity index (χ1n) is 6.43. The van der Waals surface area contributed by atoms with Crippen LogP contribution in [0.3, 0.4) is 0 Å². The number of rotatable bonds is 4. The highest BCUT2D eigenvalue weighted by atomic mass is 79.9. The second kappa shape index (κ2) is 6.07. The van der Waals surface area contributed by atoms with Crippen LogP contribution in [-0.4, -0.2) is 26.5 Å². The zero-order valence-electron chi connectivity index (χ0n) is 11.0. The average molecular weight is 368 g/mol. The van der Waals surface area contributed by atoms with Crippen LogP contribution in [0.1, 0.15) is 24.9 Å². The molecule has 7 heteroatoms. The molecule has 0 aromatic heterocycles. The van der Waals surface area contributed by atoms with E-state index in [0.29, 0.717) is 13.0 Å². The molecular formula is C13H16BrF2NO2S. The fraction of sp³-hybridized carbons (Fsp3) is 0.538. The monoisotopic (exact) mass is 367 g/mol. The topological polar surface area (TPSA) is 46.2 Å². The van der Waals surface area contributed by atoms with Crippen molar-refractivity contribution in [2.24, 2.45) is 5.92 Å². The minimum Gasteiger partial charge on any atom is -0.310 e. The average Bonchev–Trinajstić information content (AvgIpc) is 2.73. The van der Waals surface area contributed by atoms with Crippen molar-refractivity contribution in [3.8, 4) is 0 Å². The van der Waals surface area contributed by atoms with Gasteiger partial charge in [-0.15, -0.1) is 0 Å². The summed E-state index contributed by atoms with van der Waals surface area (Å²) in [7, 11) is -3.10. The van der Waals surface area contributed by atoms with Crippen LogP contribution in [0, 0.1) is 17.6 Å². The molecule has 0 aliphatic carbocycles. The van der Waals surface area contributed by atoms with E-state index in [9.17, 15) is 17.2 Å². The lowest BCUT2D eigenvalue weighted by molar-refractivity contribution is 0.371. The Hall–Kier alpha value is -0.530. The Balaban J connectivity index is 2.42. The Morgan fingerprint density at radius 1 is 1.45 bits per heavy atom. The molecule has 0 spiro atoms. The van der Waals surface area contributed by atoms with Crippen LogP contribution in [-0.2, 0) is 9.84 Å². The van der Waals surface area contributed by atoms with E-state index in [2.05, 4.69) is 21.2 Å². The summed E-state index contributed by atoms with van der Waals surface area (Å²) in [5.74, 6) is -1.58. The highest BCUT2D eigenvalue weighted by molar-refractivity contribution is 9.10. The number of sulfone groups is 1. The number of nitrogens with one attached hydrogen (secondary N) is 1. The molecule has 0 radical (unpaired) electrons. The van der Waals surface area contributed by atoms with E-state index in [-0.39, 0.29) is 27.5 Å². The van der Waals surface area contributed by atoms with Crippen molar-refractivity contribution in [2.75, 3.05) is 18.1 Å². The van der Waals surface area contributed by atoms with Crippen molar-refractivity contribution in [2.45, 2.75) is 19.4 Å².